The molecule has 3 N–H and O–H groups in total. The normalized spacial score (nSPS) is 12.8. The zero-order valence-electron chi connectivity index (χ0n) is 7.60. The summed E-state index contributed by atoms with van der Waals surface area (Å²) in [6.07, 6.45) is 1.75. The zero-order valence-corrected chi connectivity index (χ0v) is 8.42. The molecule has 13 heavy (non-hydrogen) atoms. The first-order valence-electron chi connectivity index (χ1n) is 4.19. The molecule has 1 atom stereocenters. The number of nitrogens with zero attached hydrogens (tertiary/aromatic N) is 1. The molecule has 0 fully saturated rings. The third kappa shape index (κ3) is 3.34. The quantitative estimate of drug-likeness (QED) is 0.713. The van der Waals surface area contributed by atoms with E-state index in [2.05, 4.69) is 4.98 Å². The Bertz CT molecular complexity index is 266. The highest BCUT2D eigenvalue weighted by atomic mass is 32.2. The van der Waals surface area contributed by atoms with Crippen molar-refractivity contribution in [2.24, 2.45) is 5.73 Å². The van der Waals surface area contributed by atoms with Crippen molar-refractivity contribution in [1.29, 1.82) is 0 Å². The van der Waals surface area contributed by atoms with Gasteiger partial charge in [0.15, 0.2) is 0 Å². The fraction of sp³-hybridized carbons (Fsp3) is 0.444. The van der Waals surface area contributed by atoms with E-state index in [4.69, 9.17) is 10.8 Å². The van der Waals surface area contributed by atoms with E-state index in [1.54, 1.807) is 6.20 Å². The highest BCUT2D eigenvalue weighted by Gasteiger charge is 2.01. The van der Waals surface area contributed by atoms with Gasteiger partial charge in [-0.3, -0.25) is 0 Å². The van der Waals surface area contributed by atoms with E-state index in [9.17, 15) is 0 Å². The molecule has 0 aromatic carbocycles. The monoisotopic (exact) mass is 198 g/mol. The molecule has 4 heteroatoms. The Morgan fingerprint density at radius 3 is 3.08 bits per heavy atom. The lowest BCUT2D eigenvalue weighted by Crippen LogP contribution is -2.05. The van der Waals surface area contributed by atoms with Gasteiger partial charge in [0.25, 0.3) is 0 Å². The van der Waals surface area contributed by atoms with Gasteiger partial charge in [-0.25, -0.2) is 4.98 Å². The fourth-order valence-electron chi connectivity index (χ4n) is 0.937. The number of nitrogens with two attached hydrogens (primary N) is 1. The third-order valence-corrected chi connectivity index (χ3v) is 2.53. The molecule has 0 unspecified atom stereocenters. The van der Waals surface area contributed by atoms with Crippen LogP contribution in [-0.2, 0) is 0 Å². The van der Waals surface area contributed by atoms with E-state index < -0.39 is 0 Å². The van der Waals surface area contributed by atoms with Gasteiger partial charge in [0.2, 0.25) is 0 Å². The van der Waals surface area contributed by atoms with Crippen LogP contribution >= 0.6 is 11.8 Å². The number of thioether (sulfide) groups is 1. The van der Waals surface area contributed by atoms with Crippen molar-refractivity contribution in [2.75, 3.05) is 12.4 Å². The largest absolute Gasteiger partial charge is 0.396 e. The summed E-state index contributed by atoms with van der Waals surface area (Å²) in [6, 6.07) is 3.91. The summed E-state index contributed by atoms with van der Waals surface area (Å²) in [5.74, 6) is 0.676. The summed E-state index contributed by atoms with van der Waals surface area (Å²) in [5.41, 5.74) is 6.80. The lowest BCUT2D eigenvalue weighted by molar-refractivity contribution is 0.322. The van der Waals surface area contributed by atoms with Gasteiger partial charge in [-0.15, -0.1) is 11.8 Å². The Balaban J connectivity index is 2.68. The van der Waals surface area contributed by atoms with Crippen LogP contribution in [0.4, 0.5) is 0 Å². The van der Waals surface area contributed by atoms with E-state index in [1.165, 1.54) is 11.8 Å². The van der Waals surface area contributed by atoms with Crippen LogP contribution in [0.25, 0.3) is 0 Å². The number of aromatic nitrogens is 1. The van der Waals surface area contributed by atoms with E-state index in [1.807, 2.05) is 19.1 Å². The van der Waals surface area contributed by atoms with Gasteiger partial charge in [0.05, 0.1) is 11.6 Å². The van der Waals surface area contributed by atoms with Crippen LogP contribution in [0.5, 0.6) is 0 Å². The standard InChI is InChI=1S/C9H14N2OS/c1-7(10)8-2-3-11-9(6-8)13-5-4-12/h2-3,6-7,12H,4-5,10H2,1H3/t7-/m0/s1. The summed E-state index contributed by atoms with van der Waals surface area (Å²) in [4.78, 5) is 4.16. The Morgan fingerprint density at radius 1 is 1.69 bits per heavy atom. The predicted molar refractivity (Wildman–Crippen MR) is 54.6 cm³/mol. The molecule has 0 spiro atoms. The van der Waals surface area contributed by atoms with Crippen molar-refractivity contribution in [2.45, 2.75) is 18.0 Å². The van der Waals surface area contributed by atoms with Crippen LogP contribution in [0, 0.1) is 0 Å². The molecule has 0 aliphatic rings. The molecule has 3 nitrogen and oxygen atoms in total. The Hall–Kier alpha value is -0.580. The maximum absolute atomic E-state index is 8.63. The van der Waals surface area contributed by atoms with Crippen molar-refractivity contribution in [3.8, 4) is 0 Å². The summed E-state index contributed by atoms with van der Waals surface area (Å²) in [6.45, 7) is 2.12. The molecular weight excluding hydrogens is 184 g/mol. The van der Waals surface area contributed by atoms with Gasteiger partial charge in [0.1, 0.15) is 0 Å². The molecular formula is C9H14N2OS. The average Bonchev–Trinajstić information content (AvgIpc) is 2.15. The molecule has 0 radical (unpaired) electrons. The van der Waals surface area contributed by atoms with Gasteiger partial charge in [-0.1, -0.05) is 0 Å². The minimum atomic E-state index is 0.0384. The Morgan fingerprint density at radius 2 is 2.46 bits per heavy atom. The lowest BCUT2D eigenvalue weighted by Gasteiger charge is -2.06. The summed E-state index contributed by atoms with van der Waals surface area (Å²) < 4.78 is 0. The molecule has 0 aliphatic heterocycles. The number of hydrogen-bond donors (Lipinski definition) is 2. The van der Waals surface area contributed by atoms with Gasteiger partial charge in [0, 0.05) is 18.0 Å². The molecule has 0 saturated carbocycles. The second kappa shape index (κ2) is 5.21. The molecule has 0 bridgehead atoms. The Kier molecular flexibility index (Phi) is 4.21. The summed E-state index contributed by atoms with van der Waals surface area (Å²) >= 11 is 1.54. The summed E-state index contributed by atoms with van der Waals surface area (Å²) in [7, 11) is 0. The molecule has 72 valence electrons. The van der Waals surface area contributed by atoms with Crippen LogP contribution in [0.3, 0.4) is 0 Å². The summed E-state index contributed by atoms with van der Waals surface area (Å²) in [5, 5.41) is 9.55. The molecule has 0 saturated heterocycles. The van der Waals surface area contributed by atoms with E-state index in [0.29, 0.717) is 5.75 Å². The van der Waals surface area contributed by atoms with E-state index in [-0.39, 0.29) is 12.6 Å². The van der Waals surface area contributed by atoms with Crippen molar-refractivity contribution < 1.29 is 5.11 Å². The second-order valence-corrected chi connectivity index (χ2v) is 3.90. The van der Waals surface area contributed by atoms with Gasteiger partial charge < -0.3 is 10.8 Å². The third-order valence-electron chi connectivity index (χ3n) is 1.63. The number of rotatable bonds is 4. The van der Waals surface area contributed by atoms with Crippen LogP contribution in [0.2, 0.25) is 0 Å². The number of aliphatic hydroxyl groups excluding tert-OH is 1. The molecule has 0 amide bonds. The first kappa shape index (κ1) is 10.5. The maximum Gasteiger partial charge on any atom is 0.0963 e. The van der Waals surface area contributed by atoms with Crippen molar-refractivity contribution in [3.63, 3.8) is 0 Å². The second-order valence-electron chi connectivity index (χ2n) is 2.79. The molecule has 1 aromatic heterocycles. The van der Waals surface area contributed by atoms with Gasteiger partial charge in [-0.2, -0.15) is 0 Å². The molecule has 1 rings (SSSR count). The smallest absolute Gasteiger partial charge is 0.0963 e. The highest BCUT2D eigenvalue weighted by Crippen LogP contribution is 2.18. The zero-order chi connectivity index (χ0) is 9.68. The first-order valence-corrected chi connectivity index (χ1v) is 5.18. The average molecular weight is 198 g/mol. The van der Waals surface area contributed by atoms with E-state index in [0.717, 1.165) is 10.6 Å². The topological polar surface area (TPSA) is 59.1 Å². The predicted octanol–water partition coefficient (Wildman–Crippen LogP) is 1.19. The highest BCUT2D eigenvalue weighted by molar-refractivity contribution is 7.99. The minimum Gasteiger partial charge on any atom is -0.396 e. The molecule has 1 heterocycles. The number of hydrogen-bond acceptors (Lipinski definition) is 4. The van der Waals surface area contributed by atoms with Crippen LogP contribution in [0.15, 0.2) is 23.4 Å². The van der Waals surface area contributed by atoms with Crippen LogP contribution < -0.4 is 5.73 Å². The minimum absolute atomic E-state index is 0.0384. The fourth-order valence-corrected chi connectivity index (χ4v) is 1.59. The lowest BCUT2D eigenvalue weighted by atomic mass is 10.1. The van der Waals surface area contributed by atoms with Gasteiger partial charge in [-0.05, 0) is 24.6 Å². The van der Waals surface area contributed by atoms with Crippen molar-refractivity contribution in [1.82, 2.24) is 4.98 Å². The van der Waals surface area contributed by atoms with Crippen LogP contribution in [-0.4, -0.2) is 22.5 Å². The van der Waals surface area contributed by atoms with Gasteiger partial charge >= 0.3 is 0 Å². The number of aliphatic hydroxyl groups is 1. The van der Waals surface area contributed by atoms with Crippen LogP contribution in [0.1, 0.15) is 18.5 Å². The van der Waals surface area contributed by atoms with Crippen molar-refractivity contribution in [3.05, 3.63) is 23.9 Å². The molecule has 0 aliphatic carbocycles. The van der Waals surface area contributed by atoms with Crippen molar-refractivity contribution >= 4 is 11.8 Å². The maximum atomic E-state index is 8.63. The first-order chi connectivity index (χ1) is 6.24. The molecule has 1 aromatic rings. The SMILES string of the molecule is C[C@H](N)c1ccnc(SCCO)c1. The number of pyridine rings is 1. The van der Waals surface area contributed by atoms with E-state index >= 15 is 0 Å². The Labute approximate surface area is 82.4 Å².